The molecule has 0 atom stereocenters. The first-order valence-electron chi connectivity index (χ1n) is 11.6. The summed E-state index contributed by atoms with van der Waals surface area (Å²) < 4.78 is 35.0. The van der Waals surface area contributed by atoms with E-state index in [1.165, 1.54) is 18.3 Å². The molecule has 0 unspecified atom stereocenters. The molecule has 34 heavy (non-hydrogen) atoms. The molecule has 3 aromatic rings. The Morgan fingerprint density at radius 1 is 1.00 bits per heavy atom. The fourth-order valence-electron chi connectivity index (χ4n) is 3.99. The Labute approximate surface area is 198 Å². The van der Waals surface area contributed by atoms with E-state index < -0.39 is 17.2 Å². The molecular formula is C26H30F2N4O2. The zero-order valence-corrected chi connectivity index (χ0v) is 19.8. The lowest BCUT2D eigenvalue weighted by atomic mass is 9.98. The van der Waals surface area contributed by atoms with Crippen molar-refractivity contribution in [2.45, 2.75) is 45.6 Å². The highest BCUT2D eigenvalue weighted by molar-refractivity contribution is 5.64. The molecule has 1 aromatic carbocycles. The van der Waals surface area contributed by atoms with Crippen LogP contribution in [0.1, 0.15) is 44.9 Å². The van der Waals surface area contributed by atoms with Gasteiger partial charge < -0.3 is 14.7 Å². The Hall–Kier alpha value is -3.13. The number of benzene rings is 1. The van der Waals surface area contributed by atoms with Crippen molar-refractivity contribution in [3.63, 3.8) is 0 Å². The Bertz CT molecular complexity index is 1080. The number of hydrogen-bond donors (Lipinski definition) is 1. The molecule has 0 amide bonds. The molecule has 1 N–H and O–H groups in total. The largest absolute Gasteiger partial charge is 0.487 e. The molecule has 180 valence electrons. The summed E-state index contributed by atoms with van der Waals surface area (Å²) in [6.07, 6.45) is 7.77. The number of piperidine rings is 1. The average Bonchev–Trinajstić information content (AvgIpc) is 2.83. The van der Waals surface area contributed by atoms with Crippen LogP contribution in [0.15, 0.2) is 42.9 Å². The molecule has 6 nitrogen and oxygen atoms in total. The van der Waals surface area contributed by atoms with Crippen LogP contribution < -0.4 is 9.64 Å². The van der Waals surface area contributed by atoms with Gasteiger partial charge in [0.05, 0.1) is 12.3 Å². The highest BCUT2D eigenvalue weighted by atomic mass is 19.1. The molecule has 3 heterocycles. The van der Waals surface area contributed by atoms with E-state index in [0.29, 0.717) is 22.8 Å². The predicted molar refractivity (Wildman–Crippen MR) is 127 cm³/mol. The van der Waals surface area contributed by atoms with Crippen molar-refractivity contribution in [2.75, 3.05) is 24.6 Å². The number of nitrogens with zero attached hydrogens (tertiary/aromatic N) is 4. The van der Waals surface area contributed by atoms with E-state index in [1.807, 2.05) is 12.4 Å². The van der Waals surface area contributed by atoms with Crippen LogP contribution in [0.2, 0.25) is 0 Å². The summed E-state index contributed by atoms with van der Waals surface area (Å²) in [4.78, 5) is 15.2. The van der Waals surface area contributed by atoms with Crippen molar-refractivity contribution >= 4 is 5.95 Å². The first-order chi connectivity index (χ1) is 16.2. The third-order valence-corrected chi connectivity index (χ3v) is 6.18. The summed E-state index contributed by atoms with van der Waals surface area (Å²) in [5.74, 6) is -0.935. The maximum absolute atomic E-state index is 14.7. The van der Waals surface area contributed by atoms with Crippen molar-refractivity contribution in [3.05, 3.63) is 65.7 Å². The molecule has 4 rings (SSSR count). The summed E-state index contributed by atoms with van der Waals surface area (Å²) in [6, 6.07) is 5.83. The first-order valence-corrected chi connectivity index (χ1v) is 11.6. The maximum Gasteiger partial charge on any atom is 0.225 e. The smallest absolute Gasteiger partial charge is 0.225 e. The minimum atomic E-state index is -1.09. The Balaban J connectivity index is 1.35. The lowest BCUT2D eigenvalue weighted by Crippen LogP contribution is -2.36. The fourth-order valence-corrected chi connectivity index (χ4v) is 3.99. The van der Waals surface area contributed by atoms with Crippen LogP contribution in [0.3, 0.4) is 0 Å². The van der Waals surface area contributed by atoms with E-state index >= 15 is 0 Å². The molecule has 0 saturated carbocycles. The SMILES string of the molecule is CCc1cnc(N2CCC(COc3c(F)cc(-c4ccc(C(C)(C)O)nc4)cc3F)CC2)nc1. The van der Waals surface area contributed by atoms with E-state index in [4.69, 9.17) is 4.74 Å². The molecule has 0 spiro atoms. The van der Waals surface area contributed by atoms with E-state index in [1.54, 1.807) is 26.0 Å². The van der Waals surface area contributed by atoms with E-state index in [2.05, 4.69) is 26.8 Å². The van der Waals surface area contributed by atoms with Crippen LogP contribution in [0.5, 0.6) is 5.75 Å². The average molecular weight is 469 g/mol. The summed E-state index contributed by atoms with van der Waals surface area (Å²) >= 11 is 0. The van der Waals surface area contributed by atoms with Gasteiger partial charge in [0.15, 0.2) is 17.4 Å². The van der Waals surface area contributed by atoms with Crippen LogP contribution in [0.4, 0.5) is 14.7 Å². The molecule has 0 radical (unpaired) electrons. The lowest BCUT2D eigenvalue weighted by Gasteiger charge is -2.31. The number of aromatic nitrogens is 3. The molecule has 8 heteroatoms. The number of ether oxygens (including phenoxy) is 1. The number of aliphatic hydroxyl groups is 1. The molecule has 1 saturated heterocycles. The Morgan fingerprint density at radius 2 is 1.65 bits per heavy atom. The van der Waals surface area contributed by atoms with Crippen LogP contribution in [0, 0.1) is 17.6 Å². The monoisotopic (exact) mass is 468 g/mol. The first kappa shape index (κ1) is 24.0. The zero-order chi connectivity index (χ0) is 24.3. The molecule has 1 aliphatic heterocycles. The standard InChI is InChI=1S/C26H30F2N4O2/c1-4-17-13-30-25(31-14-17)32-9-7-18(8-10-32)16-34-24-21(27)11-20(12-22(24)28)19-5-6-23(29-15-19)26(2,3)33/h5-6,11-15,18,33H,4,7-10,16H2,1-3H3. The summed E-state index contributed by atoms with van der Waals surface area (Å²) in [7, 11) is 0. The molecule has 2 aromatic heterocycles. The van der Waals surface area contributed by atoms with Crippen LogP contribution in [-0.4, -0.2) is 39.8 Å². The molecule has 1 fully saturated rings. The van der Waals surface area contributed by atoms with Crippen molar-refractivity contribution < 1.29 is 18.6 Å². The van der Waals surface area contributed by atoms with Gasteiger partial charge in [-0.15, -0.1) is 0 Å². The van der Waals surface area contributed by atoms with Crippen molar-refractivity contribution in [1.29, 1.82) is 0 Å². The van der Waals surface area contributed by atoms with Crippen LogP contribution >= 0.6 is 0 Å². The number of halogens is 2. The van der Waals surface area contributed by atoms with Gasteiger partial charge >= 0.3 is 0 Å². The summed E-state index contributed by atoms with van der Waals surface area (Å²) in [5.41, 5.74) is 1.41. The normalized spacial score (nSPS) is 14.9. The van der Waals surface area contributed by atoms with Gasteiger partial charge in [0.25, 0.3) is 0 Å². The highest BCUT2D eigenvalue weighted by Crippen LogP contribution is 2.31. The maximum atomic E-state index is 14.7. The molecule has 1 aliphatic rings. The van der Waals surface area contributed by atoms with Crippen molar-refractivity contribution in [3.8, 4) is 16.9 Å². The summed E-state index contributed by atoms with van der Waals surface area (Å²) in [6.45, 7) is 7.12. The topological polar surface area (TPSA) is 71.4 Å². The van der Waals surface area contributed by atoms with Gasteiger partial charge in [0.1, 0.15) is 5.60 Å². The molecular weight excluding hydrogens is 438 g/mol. The minimum absolute atomic E-state index is 0.197. The fraction of sp³-hybridized carbons (Fsp3) is 0.423. The third-order valence-electron chi connectivity index (χ3n) is 6.18. The molecule has 0 bridgehead atoms. The zero-order valence-electron chi connectivity index (χ0n) is 19.8. The van der Waals surface area contributed by atoms with Gasteiger partial charge in [-0.1, -0.05) is 13.0 Å². The van der Waals surface area contributed by atoms with E-state index in [-0.39, 0.29) is 18.3 Å². The molecule has 0 aliphatic carbocycles. The van der Waals surface area contributed by atoms with Gasteiger partial charge in [-0.05, 0) is 68.4 Å². The van der Waals surface area contributed by atoms with Crippen LogP contribution in [0.25, 0.3) is 11.1 Å². The Morgan fingerprint density at radius 3 is 2.18 bits per heavy atom. The number of aryl methyl sites for hydroxylation is 1. The van der Waals surface area contributed by atoms with Gasteiger partial charge in [0.2, 0.25) is 5.95 Å². The lowest BCUT2D eigenvalue weighted by molar-refractivity contribution is 0.0739. The number of hydrogen-bond acceptors (Lipinski definition) is 6. The van der Waals surface area contributed by atoms with E-state index in [9.17, 15) is 13.9 Å². The minimum Gasteiger partial charge on any atom is -0.487 e. The van der Waals surface area contributed by atoms with Gasteiger partial charge in [-0.25, -0.2) is 18.7 Å². The quantitative estimate of drug-likeness (QED) is 0.532. The number of pyridine rings is 1. The van der Waals surface area contributed by atoms with Gasteiger partial charge in [-0.3, -0.25) is 4.98 Å². The van der Waals surface area contributed by atoms with Crippen molar-refractivity contribution in [1.82, 2.24) is 15.0 Å². The highest BCUT2D eigenvalue weighted by Gasteiger charge is 2.23. The third kappa shape index (κ3) is 5.50. The summed E-state index contributed by atoms with van der Waals surface area (Å²) in [5, 5.41) is 10.0. The second-order valence-electron chi connectivity index (χ2n) is 9.25. The van der Waals surface area contributed by atoms with Crippen molar-refractivity contribution in [2.24, 2.45) is 5.92 Å². The number of rotatable bonds is 7. The van der Waals surface area contributed by atoms with Gasteiger partial charge in [-0.2, -0.15) is 0 Å². The second kappa shape index (κ2) is 10.0. The van der Waals surface area contributed by atoms with Gasteiger partial charge in [0, 0.05) is 37.2 Å². The number of anilines is 1. The van der Waals surface area contributed by atoms with Crippen LogP contribution in [-0.2, 0) is 12.0 Å². The van der Waals surface area contributed by atoms with E-state index in [0.717, 1.165) is 37.9 Å². The predicted octanol–water partition coefficient (Wildman–Crippen LogP) is 4.90. The second-order valence-corrected chi connectivity index (χ2v) is 9.25. The Kier molecular flexibility index (Phi) is 7.07.